The average molecular weight is 327 g/mol. The van der Waals surface area contributed by atoms with Gasteiger partial charge < -0.3 is 9.84 Å². The predicted molar refractivity (Wildman–Crippen MR) is 84.1 cm³/mol. The van der Waals surface area contributed by atoms with Crippen LogP contribution in [0.25, 0.3) is 0 Å². The van der Waals surface area contributed by atoms with E-state index in [9.17, 15) is 5.11 Å². The molecule has 21 heavy (non-hydrogen) atoms. The fraction of sp³-hybridized carbons (Fsp3) is 0.308. The van der Waals surface area contributed by atoms with Crippen molar-refractivity contribution in [2.24, 2.45) is 5.10 Å². The van der Waals surface area contributed by atoms with Crippen molar-refractivity contribution in [2.45, 2.75) is 20.3 Å². The number of nitrogens with one attached hydrogen (secondary N) is 1. The molecule has 2 N–H and O–H groups in total. The van der Waals surface area contributed by atoms with E-state index in [2.05, 4.69) is 15.3 Å². The van der Waals surface area contributed by atoms with Gasteiger partial charge in [0.05, 0.1) is 17.8 Å². The number of aromatic hydroxyl groups is 1. The number of nitrogens with zero attached hydrogens (tertiary/aromatic N) is 3. The van der Waals surface area contributed by atoms with Crippen LogP contribution in [-0.4, -0.2) is 32.8 Å². The summed E-state index contributed by atoms with van der Waals surface area (Å²) in [6.07, 6.45) is 2.28. The summed E-state index contributed by atoms with van der Waals surface area (Å²) >= 11 is 11.1. The Balaban J connectivity index is 2.37. The molecule has 112 valence electrons. The Labute approximate surface area is 132 Å². The summed E-state index contributed by atoms with van der Waals surface area (Å²) in [4.78, 5) is 0. The highest BCUT2D eigenvalue weighted by Gasteiger charge is 2.09. The summed E-state index contributed by atoms with van der Waals surface area (Å²) in [7, 11) is 0. The molecule has 0 saturated heterocycles. The molecule has 1 aromatic carbocycles. The van der Waals surface area contributed by atoms with Crippen molar-refractivity contribution in [3.8, 4) is 11.5 Å². The van der Waals surface area contributed by atoms with E-state index >= 15 is 0 Å². The molecule has 1 heterocycles. The van der Waals surface area contributed by atoms with Gasteiger partial charge in [-0.3, -0.25) is 5.10 Å². The van der Waals surface area contributed by atoms with Crippen molar-refractivity contribution >= 4 is 30.0 Å². The third-order valence-corrected chi connectivity index (χ3v) is 3.26. The number of ether oxygens (including phenoxy) is 1. The lowest BCUT2D eigenvalue weighted by atomic mass is 10.2. The topological polar surface area (TPSA) is 75.4 Å². The van der Waals surface area contributed by atoms with Crippen LogP contribution in [0.4, 0.5) is 0 Å². The van der Waals surface area contributed by atoms with Crippen LogP contribution in [0.3, 0.4) is 0 Å². The minimum absolute atomic E-state index is 0.0789. The van der Waals surface area contributed by atoms with Crippen LogP contribution >= 0.6 is 23.8 Å². The number of phenols is 1. The highest BCUT2D eigenvalue weighted by atomic mass is 35.5. The monoisotopic (exact) mass is 326 g/mol. The Morgan fingerprint density at radius 1 is 1.52 bits per heavy atom. The zero-order valence-electron chi connectivity index (χ0n) is 11.6. The van der Waals surface area contributed by atoms with Crippen LogP contribution in [0, 0.1) is 4.77 Å². The first-order valence-corrected chi connectivity index (χ1v) is 7.21. The molecule has 0 aliphatic heterocycles. The molecule has 0 radical (unpaired) electrons. The Bertz CT molecular complexity index is 723. The number of hydrogen-bond donors (Lipinski definition) is 2. The molecular weight excluding hydrogens is 312 g/mol. The summed E-state index contributed by atoms with van der Waals surface area (Å²) in [6, 6.07) is 3.25. The number of aryl methyl sites for hydroxylation is 1. The number of aromatic amines is 1. The van der Waals surface area contributed by atoms with Gasteiger partial charge in [0.25, 0.3) is 0 Å². The molecule has 0 aliphatic carbocycles. The Kier molecular flexibility index (Phi) is 4.98. The fourth-order valence-electron chi connectivity index (χ4n) is 1.73. The lowest BCUT2D eigenvalue weighted by molar-refractivity contribution is 0.318. The molecule has 1 aromatic heterocycles. The van der Waals surface area contributed by atoms with Crippen molar-refractivity contribution in [2.75, 3.05) is 6.61 Å². The first kappa shape index (κ1) is 15.5. The lowest BCUT2D eigenvalue weighted by Gasteiger charge is -2.08. The highest BCUT2D eigenvalue weighted by Crippen LogP contribution is 2.34. The van der Waals surface area contributed by atoms with E-state index in [1.54, 1.807) is 18.3 Å². The molecule has 6 nitrogen and oxygen atoms in total. The van der Waals surface area contributed by atoms with Crippen LogP contribution < -0.4 is 4.74 Å². The summed E-state index contributed by atoms with van der Waals surface area (Å²) in [5.41, 5.74) is 0.686. The van der Waals surface area contributed by atoms with E-state index in [1.807, 2.05) is 13.8 Å². The number of aromatic nitrogens is 3. The molecule has 0 saturated carbocycles. The van der Waals surface area contributed by atoms with E-state index in [-0.39, 0.29) is 10.8 Å². The second-order valence-corrected chi connectivity index (χ2v) is 4.93. The van der Waals surface area contributed by atoms with Gasteiger partial charge >= 0.3 is 0 Å². The maximum Gasteiger partial charge on any atom is 0.216 e. The standard InChI is InChI=1S/C13H15ClN4O2S/c1-3-11-16-17-13(21)18(11)15-7-8-5-9(14)12(19)10(6-8)20-4-2/h5-7,19H,3-4H2,1-2H3,(H,17,21)/b15-7-. The normalized spacial score (nSPS) is 11.2. The zero-order chi connectivity index (χ0) is 15.4. The quantitative estimate of drug-likeness (QED) is 0.653. The number of rotatable bonds is 5. The number of benzene rings is 1. The van der Waals surface area contributed by atoms with Crippen molar-refractivity contribution in [3.63, 3.8) is 0 Å². The fourth-order valence-corrected chi connectivity index (χ4v) is 2.15. The van der Waals surface area contributed by atoms with E-state index < -0.39 is 0 Å². The Morgan fingerprint density at radius 2 is 2.29 bits per heavy atom. The molecule has 2 aromatic rings. The number of phenolic OH excluding ortho intramolecular Hbond substituents is 1. The van der Waals surface area contributed by atoms with Gasteiger partial charge in [0, 0.05) is 6.42 Å². The molecule has 0 bridgehead atoms. The molecule has 0 aliphatic rings. The summed E-state index contributed by atoms with van der Waals surface area (Å²) < 4.78 is 7.27. The molecular formula is C13H15ClN4O2S. The average Bonchev–Trinajstić information content (AvgIpc) is 2.82. The largest absolute Gasteiger partial charge is 0.503 e. The Morgan fingerprint density at radius 3 is 2.95 bits per heavy atom. The minimum Gasteiger partial charge on any atom is -0.503 e. The van der Waals surface area contributed by atoms with Crippen LogP contribution in [0.2, 0.25) is 5.02 Å². The van der Waals surface area contributed by atoms with Crippen LogP contribution in [-0.2, 0) is 6.42 Å². The van der Waals surface area contributed by atoms with E-state index in [1.165, 1.54) is 4.68 Å². The van der Waals surface area contributed by atoms with Crippen molar-refractivity contribution in [1.29, 1.82) is 0 Å². The van der Waals surface area contributed by atoms with Gasteiger partial charge in [-0.05, 0) is 36.8 Å². The van der Waals surface area contributed by atoms with Gasteiger partial charge in [-0.1, -0.05) is 18.5 Å². The van der Waals surface area contributed by atoms with Gasteiger partial charge in [-0.2, -0.15) is 14.9 Å². The van der Waals surface area contributed by atoms with E-state index in [0.717, 1.165) is 5.82 Å². The van der Waals surface area contributed by atoms with E-state index in [4.69, 9.17) is 28.6 Å². The third kappa shape index (κ3) is 3.43. The number of halogens is 1. The van der Waals surface area contributed by atoms with Crippen LogP contribution in [0.5, 0.6) is 11.5 Å². The third-order valence-electron chi connectivity index (χ3n) is 2.71. The highest BCUT2D eigenvalue weighted by molar-refractivity contribution is 7.71. The first-order chi connectivity index (χ1) is 10.1. The summed E-state index contributed by atoms with van der Waals surface area (Å²) in [5.74, 6) is 0.967. The second kappa shape index (κ2) is 6.73. The van der Waals surface area contributed by atoms with Gasteiger partial charge in [0.1, 0.15) is 0 Å². The van der Waals surface area contributed by atoms with E-state index in [0.29, 0.717) is 29.1 Å². The smallest absolute Gasteiger partial charge is 0.216 e. The molecule has 8 heteroatoms. The number of H-pyrrole nitrogens is 1. The number of hydrogen-bond acceptors (Lipinski definition) is 5. The molecule has 2 rings (SSSR count). The summed E-state index contributed by atoms with van der Waals surface area (Å²) in [6.45, 7) is 4.21. The van der Waals surface area contributed by atoms with Gasteiger partial charge in [0.15, 0.2) is 17.3 Å². The first-order valence-electron chi connectivity index (χ1n) is 6.42. The maximum atomic E-state index is 9.79. The molecule has 0 fully saturated rings. The predicted octanol–water partition coefficient (Wildman–Crippen LogP) is 3.14. The second-order valence-electron chi connectivity index (χ2n) is 4.14. The van der Waals surface area contributed by atoms with Crippen LogP contribution in [0.1, 0.15) is 25.2 Å². The summed E-state index contributed by atoms with van der Waals surface area (Å²) in [5, 5.41) is 21.0. The zero-order valence-corrected chi connectivity index (χ0v) is 13.2. The Hall–Kier alpha value is -1.86. The van der Waals surface area contributed by atoms with Gasteiger partial charge in [-0.15, -0.1) is 0 Å². The molecule has 0 unspecified atom stereocenters. The van der Waals surface area contributed by atoms with Crippen molar-refractivity contribution in [3.05, 3.63) is 33.3 Å². The van der Waals surface area contributed by atoms with Crippen LogP contribution in [0.15, 0.2) is 17.2 Å². The maximum absolute atomic E-state index is 9.79. The van der Waals surface area contributed by atoms with Crippen molar-refractivity contribution < 1.29 is 9.84 Å². The molecule has 0 spiro atoms. The minimum atomic E-state index is -0.0789. The lowest BCUT2D eigenvalue weighted by Crippen LogP contribution is -1.98. The van der Waals surface area contributed by atoms with Gasteiger partial charge in [0.2, 0.25) is 4.77 Å². The molecule has 0 amide bonds. The van der Waals surface area contributed by atoms with Crippen molar-refractivity contribution in [1.82, 2.24) is 14.9 Å². The molecule has 0 atom stereocenters. The van der Waals surface area contributed by atoms with Gasteiger partial charge in [-0.25, -0.2) is 0 Å². The SMILES string of the molecule is CCOc1cc(/C=N\n2c(CC)n[nH]c2=S)cc(Cl)c1O.